The van der Waals surface area contributed by atoms with Crippen molar-refractivity contribution in [2.75, 3.05) is 4.90 Å². The van der Waals surface area contributed by atoms with Crippen LogP contribution in [0.3, 0.4) is 0 Å². The Kier molecular flexibility index (Phi) is 4.28. The molecule has 0 aliphatic carbocycles. The normalized spacial score (nSPS) is 11.9. The van der Waals surface area contributed by atoms with Gasteiger partial charge < -0.3 is 5.11 Å². The number of hydrogen-bond acceptors (Lipinski definition) is 2. The van der Waals surface area contributed by atoms with Gasteiger partial charge >= 0.3 is 5.97 Å². The van der Waals surface area contributed by atoms with Gasteiger partial charge in [0.25, 0.3) is 0 Å². The summed E-state index contributed by atoms with van der Waals surface area (Å²) < 4.78 is 1.04. The first-order chi connectivity index (χ1) is 7.43. The van der Waals surface area contributed by atoms with E-state index in [0.29, 0.717) is 5.69 Å². The predicted octanol–water partition coefficient (Wildman–Crippen LogP) is 2.12. The van der Waals surface area contributed by atoms with Crippen LogP contribution in [0.15, 0.2) is 24.3 Å². The van der Waals surface area contributed by atoms with Crippen LogP contribution in [-0.2, 0) is 9.59 Å². The molecule has 0 saturated carbocycles. The molecule has 0 radical (unpaired) electrons. The lowest BCUT2D eigenvalue weighted by Gasteiger charge is -2.25. The number of nitrogens with zero attached hydrogens (tertiary/aromatic N) is 1. The van der Waals surface area contributed by atoms with Crippen LogP contribution in [-0.4, -0.2) is 23.0 Å². The van der Waals surface area contributed by atoms with Crippen LogP contribution < -0.4 is 4.90 Å². The minimum Gasteiger partial charge on any atom is -0.480 e. The Hall–Kier alpha value is -1.11. The topological polar surface area (TPSA) is 57.6 Å². The Morgan fingerprint density at radius 2 is 1.81 bits per heavy atom. The molecule has 0 unspecified atom stereocenters. The number of benzene rings is 1. The van der Waals surface area contributed by atoms with E-state index in [0.717, 1.165) is 3.57 Å². The third kappa shape index (κ3) is 2.94. The third-order valence-electron chi connectivity index (χ3n) is 2.19. The Labute approximate surface area is 107 Å². The second-order valence-electron chi connectivity index (χ2n) is 3.38. The maximum absolute atomic E-state index is 11.4. The fourth-order valence-electron chi connectivity index (χ4n) is 1.39. The number of anilines is 1. The number of rotatable bonds is 3. The van der Waals surface area contributed by atoms with Crippen LogP contribution in [0.1, 0.15) is 13.8 Å². The standard InChI is InChI=1S/C11H12INO3/c1-7(11(15)16)13(8(2)14)10-5-3-9(12)4-6-10/h3-7H,1-2H3,(H,15,16)/t7-/m0/s1. The zero-order valence-electron chi connectivity index (χ0n) is 8.98. The Bertz CT molecular complexity index is 402. The van der Waals surface area contributed by atoms with E-state index in [1.165, 1.54) is 18.7 Å². The zero-order chi connectivity index (χ0) is 12.3. The molecule has 1 atom stereocenters. The van der Waals surface area contributed by atoms with Gasteiger partial charge in [-0.1, -0.05) is 0 Å². The summed E-state index contributed by atoms with van der Waals surface area (Å²) in [6.07, 6.45) is 0. The quantitative estimate of drug-likeness (QED) is 0.862. The molecule has 0 fully saturated rings. The van der Waals surface area contributed by atoms with E-state index in [1.807, 2.05) is 12.1 Å². The van der Waals surface area contributed by atoms with Crippen molar-refractivity contribution in [3.8, 4) is 0 Å². The van der Waals surface area contributed by atoms with Crippen molar-refractivity contribution in [3.05, 3.63) is 27.8 Å². The molecule has 1 aromatic carbocycles. The van der Waals surface area contributed by atoms with E-state index < -0.39 is 12.0 Å². The van der Waals surface area contributed by atoms with Crippen LogP contribution in [0.2, 0.25) is 0 Å². The van der Waals surface area contributed by atoms with E-state index in [9.17, 15) is 9.59 Å². The smallest absolute Gasteiger partial charge is 0.326 e. The van der Waals surface area contributed by atoms with Crippen LogP contribution in [0.25, 0.3) is 0 Å². The summed E-state index contributed by atoms with van der Waals surface area (Å²) in [7, 11) is 0. The average molecular weight is 333 g/mol. The number of halogens is 1. The number of carbonyl (C=O) groups excluding carboxylic acids is 1. The Balaban J connectivity index is 3.07. The Morgan fingerprint density at radius 1 is 1.31 bits per heavy atom. The molecule has 0 aliphatic heterocycles. The van der Waals surface area contributed by atoms with Crippen molar-refractivity contribution in [2.24, 2.45) is 0 Å². The maximum atomic E-state index is 11.4. The molecule has 4 nitrogen and oxygen atoms in total. The fourth-order valence-corrected chi connectivity index (χ4v) is 1.75. The van der Waals surface area contributed by atoms with Gasteiger partial charge in [0, 0.05) is 16.2 Å². The van der Waals surface area contributed by atoms with E-state index in [4.69, 9.17) is 5.11 Å². The van der Waals surface area contributed by atoms with Crippen LogP contribution in [0.4, 0.5) is 5.69 Å². The minimum atomic E-state index is -1.02. The molecule has 1 amide bonds. The highest BCUT2D eigenvalue weighted by atomic mass is 127. The fraction of sp³-hybridized carbons (Fsp3) is 0.273. The first-order valence-electron chi connectivity index (χ1n) is 4.71. The molecule has 5 heteroatoms. The van der Waals surface area contributed by atoms with Crippen molar-refractivity contribution in [3.63, 3.8) is 0 Å². The number of carboxylic acid groups (broad SMARTS) is 1. The molecule has 1 rings (SSSR count). The van der Waals surface area contributed by atoms with Gasteiger partial charge in [-0.3, -0.25) is 9.69 Å². The molecule has 1 aromatic rings. The second-order valence-corrected chi connectivity index (χ2v) is 4.63. The van der Waals surface area contributed by atoms with Gasteiger partial charge in [-0.15, -0.1) is 0 Å². The molecule has 0 aromatic heterocycles. The lowest BCUT2D eigenvalue weighted by molar-refractivity contribution is -0.139. The molecule has 0 heterocycles. The van der Waals surface area contributed by atoms with E-state index in [1.54, 1.807) is 12.1 Å². The van der Waals surface area contributed by atoms with E-state index in [-0.39, 0.29) is 5.91 Å². The second kappa shape index (κ2) is 5.29. The maximum Gasteiger partial charge on any atom is 0.326 e. The van der Waals surface area contributed by atoms with Gasteiger partial charge in [-0.25, -0.2) is 4.79 Å². The minimum absolute atomic E-state index is 0.281. The summed E-state index contributed by atoms with van der Waals surface area (Å²) in [4.78, 5) is 23.6. The summed E-state index contributed by atoms with van der Waals surface area (Å²) in [6.45, 7) is 2.85. The lowest BCUT2D eigenvalue weighted by atomic mass is 10.2. The molecular formula is C11H12INO3. The van der Waals surface area contributed by atoms with Crippen LogP contribution in [0, 0.1) is 3.57 Å². The number of amides is 1. The summed E-state index contributed by atoms with van der Waals surface area (Å²) in [5.74, 6) is -1.30. The largest absolute Gasteiger partial charge is 0.480 e. The van der Waals surface area contributed by atoms with Gasteiger partial charge in [-0.2, -0.15) is 0 Å². The van der Waals surface area contributed by atoms with Crippen LogP contribution >= 0.6 is 22.6 Å². The monoisotopic (exact) mass is 333 g/mol. The summed E-state index contributed by atoms with van der Waals surface area (Å²) in [6, 6.07) is 6.28. The van der Waals surface area contributed by atoms with Crippen molar-refractivity contribution < 1.29 is 14.7 Å². The number of carbonyl (C=O) groups is 2. The molecule has 0 spiro atoms. The first-order valence-corrected chi connectivity index (χ1v) is 5.79. The SMILES string of the molecule is CC(=O)N(c1ccc(I)cc1)[C@@H](C)C(=O)O. The predicted molar refractivity (Wildman–Crippen MR) is 69.4 cm³/mol. The molecular weight excluding hydrogens is 321 g/mol. The number of hydrogen-bond donors (Lipinski definition) is 1. The molecule has 1 N–H and O–H groups in total. The molecule has 0 aliphatic rings. The van der Waals surface area contributed by atoms with Gasteiger partial charge in [-0.05, 0) is 53.8 Å². The highest BCUT2D eigenvalue weighted by Gasteiger charge is 2.24. The summed E-state index contributed by atoms with van der Waals surface area (Å²) in [5.41, 5.74) is 0.600. The number of aliphatic carboxylic acids is 1. The lowest BCUT2D eigenvalue weighted by Crippen LogP contribution is -2.42. The molecule has 0 saturated heterocycles. The third-order valence-corrected chi connectivity index (χ3v) is 2.91. The van der Waals surface area contributed by atoms with Gasteiger partial charge in [0.1, 0.15) is 6.04 Å². The van der Waals surface area contributed by atoms with Crippen LogP contribution in [0.5, 0.6) is 0 Å². The summed E-state index contributed by atoms with van der Waals surface area (Å²) in [5, 5.41) is 8.92. The van der Waals surface area contributed by atoms with Gasteiger partial charge in [0.05, 0.1) is 0 Å². The molecule has 16 heavy (non-hydrogen) atoms. The molecule has 0 bridgehead atoms. The zero-order valence-corrected chi connectivity index (χ0v) is 11.1. The highest BCUT2D eigenvalue weighted by molar-refractivity contribution is 14.1. The van der Waals surface area contributed by atoms with E-state index in [2.05, 4.69) is 22.6 Å². The average Bonchev–Trinajstić information content (AvgIpc) is 2.20. The van der Waals surface area contributed by atoms with Crippen molar-refractivity contribution in [1.29, 1.82) is 0 Å². The van der Waals surface area contributed by atoms with E-state index >= 15 is 0 Å². The van der Waals surface area contributed by atoms with Crippen molar-refractivity contribution in [2.45, 2.75) is 19.9 Å². The van der Waals surface area contributed by atoms with Gasteiger partial charge in [0.15, 0.2) is 0 Å². The number of carboxylic acids is 1. The molecule has 86 valence electrons. The van der Waals surface area contributed by atoms with Crippen molar-refractivity contribution in [1.82, 2.24) is 0 Å². The Morgan fingerprint density at radius 3 is 2.19 bits per heavy atom. The summed E-state index contributed by atoms with van der Waals surface area (Å²) >= 11 is 2.15. The van der Waals surface area contributed by atoms with Crippen molar-refractivity contribution >= 4 is 40.2 Å². The van der Waals surface area contributed by atoms with Gasteiger partial charge in [0.2, 0.25) is 5.91 Å². The first kappa shape index (κ1) is 13.0. The highest BCUT2D eigenvalue weighted by Crippen LogP contribution is 2.19.